The minimum Gasteiger partial charge on any atom is -0.345 e. The Bertz CT molecular complexity index is 162. The normalized spacial score (nSPS) is 11.8. The smallest absolute Gasteiger partial charge is 0.315 e. The summed E-state index contributed by atoms with van der Waals surface area (Å²) in [4.78, 5) is 10.1. The van der Waals surface area contributed by atoms with E-state index in [4.69, 9.17) is 0 Å². The number of rotatable bonds is 4. The molecule has 0 fully saturated rings. The van der Waals surface area contributed by atoms with Crippen molar-refractivity contribution < 1.29 is 22.4 Å². The molecule has 0 unspecified atom stereocenters. The quantitative estimate of drug-likeness (QED) is 0.608. The molecule has 0 heterocycles. The Morgan fingerprint density at radius 2 is 2.00 bits per heavy atom. The van der Waals surface area contributed by atoms with Gasteiger partial charge in [-0.25, -0.2) is 8.78 Å². The van der Waals surface area contributed by atoms with Gasteiger partial charge in [0.15, 0.2) is 0 Å². The van der Waals surface area contributed by atoms with Crippen LogP contribution in [0.5, 0.6) is 0 Å². The van der Waals surface area contributed by atoms with Crippen molar-refractivity contribution in [2.24, 2.45) is 5.73 Å². The molecule has 7 heteroatoms. The summed E-state index contributed by atoms with van der Waals surface area (Å²) in [5.41, 5.74) is 4.58. The molecule has 0 aromatic carbocycles. The van der Waals surface area contributed by atoms with E-state index >= 15 is 0 Å². The molecule has 1 amide bonds. The molecule has 3 N–H and O–H groups in total. The van der Waals surface area contributed by atoms with Gasteiger partial charge in [-0.2, -0.15) is 8.78 Å². The van der Waals surface area contributed by atoms with Crippen molar-refractivity contribution in [2.75, 3.05) is 13.1 Å². The van der Waals surface area contributed by atoms with Crippen LogP contribution < -0.4 is 11.1 Å². The summed E-state index contributed by atoms with van der Waals surface area (Å²) in [6.07, 6.45) is -3.28. The second-order valence-electron chi connectivity index (χ2n) is 2.08. The van der Waals surface area contributed by atoms with Gasteiger partial charge in [0.25, 0.3) is 11.8 Å². The number of carbonyl (C=O) groups excluding carboxylic acids is 1. The van der Waals surface area contributed by atoms with Gasteiger partial charge in [-0.1, -0.05) is 0 Å². The molecule has 0 aliphatic rings. The van der Waals surface area contributed by atoms with Gasteiger partial charge in [0.2, 0.25) is 0 Å². The summed E-state index contributed by atoms with van der Waals surface area (Å²) in [6.45, 7) is -2.15. The van der Waals surface area contributed by atoms with Crippen molar-refractivity contribution in [3.63, 3.8) is 0 Å². The van der Waals surface area contributed by atoms with Crippen LogP contribution in [-0.2, 0) is 4.79 Å². The first-order valence-electron chi connectivity index (χ1n) is 3.03. The number of nitrogens with one attached hydrogen (secondary N) is 1. The summed E-state index contributed by atoms with van der Waals surface area (Å²) in [6, 6.07) is 0. The molecule has 72 valence electrons. The fraction of sp³-hybridized carbons (Fsp3) is 0.800. The standard InChI is InChI=1S/C5H8F4N2O/c6-3(7)4(12)11-2-5(8,9)1-10/h3H,1-2,10H2,(H,11,12). The third-order valence-corrected chi connectivity index (χ3v) is 1.02. The number of amides is 1. The van der Waals surface area contributed by atoms with E-state index in [0.29, 0.717) is 0 Å². The summed E-state index contributed by atoms with van der Waals surface area (Å²) in [5.74, 6) is -5.05. The largest absolute Gasteiger partial charge is 0.345 e. The minimum absolute atomic E-state index is 0.990. The summed E-state index contributed by atoms with van der Waals surface area (Å²) in [7, 11) is 0. The maximum absolute atomic E-state index is 12.2. The van der Waals surface area contributed by atoms with Gasteiger partial charge in [0.1, 0.15) is 0 Å². The number of halogens is 4. The molecule has 0 aliphatic heterocycles. The number of carbonyl (C=O) groups is 1. The number of nitrogens with two attached hydrogens (primary N) is 1. The molecule has 0 rings (SSSR count). The Labute approximate surface area is 65.9 Å². The van der Waals surface area contributed by atoms with E-state index in [-0.39, 0.29) is 0 Å². The topological polar surface area (TPSA) is 55.1 Å². The monoisotopic (exact) mass is 188 g/mol. The van der Waals surface area contributed by atoms with E-state index in [9.17, 15) is 22.4 Å². The fourth-order valence-electron chi connectivity index (χ4n) is 0.366. The number of hydrogen-bond acceptors (Lipinski definition) is 2. The Balaban J connectivity index is 3.76. The lowest BCUT2D eigenvalue weighted by atomic mass is 10.3. The molecular weight excluding hydrogens is 180 g/mol. The van der Waals surface area contributed by atoms with Gasteiger partial charge in [-0.05, 0) is 0 Å². The predicted molar refractivity (Wildman–Crippen MR) is 33.0 cm³/mol. The first-order valence-corrected chi connectivity index (χ1v) is 3.03. The second-order valence-corrected chi connectivity index (χ2v) is 2.08. The van der Waals surface area contributed by atoms with Crippen molar-refractivity contribution in [1.82, 2.24) is 5.32 Å². The van der Waals surface area contributed by atoms with Crippen LogP contribution in [0.3, 0.4) is 0 Å². The molecule has 3 nitrogen and oxygen atoms in total. The highest BCUT2D eigenvalue weighted by atomic mass is 19.3. The van der Waals surface area contributed by atoms with Crippen LogP contribution >= 0.6 is 0 Å². The molecule has 0 saturated carbocycles. The van der Waals surface area contributed by atoms with Crippen LogP contribution in [0.2, 0.25) is 0 Å². The van der Waals surface area contributed by atoms with E-state index in [1.165, 1.54) is 5.32 Å². The van der Waals surface area contributed by atoms with Crippen LogP contribution in [0.25, 0.3) is 0 Å². The molecular formula is C5H8F4N2O. The van der Waals surface area contributed by atoms with Crippen molar-refractivity contribution in [1.29, 1.82) is 0 Å². The molecule has 0 aliphatic carbocycles. The highest BCUT2D eigenvalue weighted by molar-refractivity contribution is 5.79. The van der Waals surface area contributed by atoms with Crippen molar-refractivity contribution >= 4 is 5.91 Å². The molecule has 0 spiro atoms. The van der Waals surface area contributed by atoms with Gasteiger partial charge in [-0.15, -0.1) is 0 Å². The first kappa shape index (κ1) is 11.2. The Kier molecular flexibility index (Phi) is 3.94. The zero-order valence-corrected chi connectivity index (χ0v) is 5.99. The molecule has 0 saturated heterocycles. The van der Waals surface area contributed by atoms with Crippen molar-refractivity contribution in [3.8, 4) is 0 Å². The molecule has 0 aromatic heterocycles. The number of alkyl halides is 4. The molecule has 0 bridgehead atoms. The van der Waals surface area contributed by atoms with Crippen LogP contribution in [0.1, 0.15) is 0 Å². The van der Waals surface area contributed by atoms with Crippen molar-refractivity contribution in [2.45, 2.75) is 12.3 Å². The minimum atomic E-state index is -3.33. The maximum atomic E-state index is 12.2. The average molecular weight is 188 g/mol. The summed E-state index contributed by atoms with van der Waals surface area (Å²) in [5, 5.41) is 1.35. The molecule has 0 radical (unpaired) electrons. The molecule has 0 atom stereocenters. The molecule has 0 aromatic rings. The van der Waals surface area contributed by atoms with Gasteiger partial charge < -0.3 is 11.1 Å². The third kappa shape index (κ3) is 4.12. The lowest BCUT2D eigenvalue weighted by Crippen LogP contribution is -2.43. The Morgan fingerprint density at radius 1 is 1.50 bits per heavy atom. The van der Waals surface area contributed by atoms with E-state index in [1.54, 1.807) is 0 Å². The molecule has 12 heavy (non-hydrogen) atoms. The maximum Gasteiger partial charge on any atom is 0.315 e. The third-order valence-electron chi connectivity index (χ3n) is 1.02. The van der Waals surface area contributed by atoms with E-state index < -0.39 is 31.3 Å². The van der Waals surface area contributed by atoms with Crippen molar-refractivity contribution in [3.05, 3.63) is 0 Å². The first-order chi connectivity index (χ1) is 5.39. The lowest BCUT2D eigenvalue weighted by molar-refractivity contribution is -0.133. The van der Waals surface area contributed by atoms with Crippen LogP contribution in [-0.4, -0.2) is 31.3 Å². The number of hydrogen-bond donors (Lipinski definition) is 2. The van der Waals surface area contributed by atoms with E-state index in [1.807, 2.05) is 0 Å². The Hall–Kier alpha value is -0.850. The van der Waals surface area contributed by atoms with Gasteiger partial charge in [-0.3, -0.25) is 4.79 Å². The summed E-state index contributed by atoms with van der Waals surface area (Å²) >= 11 is 0. The van der Waals surface area contributed by atoms with Gasteiger partial charge in [0.05, 0.1) is 13.1 Å². The second kappa shape index (κ2) is 4.24. The van der Waals surface area contributed by atoms with E-state index in [0.717, 1.165) is 0 Å². The van der Waals surface area contributed by atoms with E-state index in [2.05, 4.69) is 5.73 Å². The SMILES string of the molecule is NCC(F)(F)CNC(=O)C(F)F. The lowest BCUT2D eigenvalue weighted by Gasteiger charge is -2.13. The van der Waals surface area contributed by atoms with Gasteiger partial charge in [0, 0.05) is 0 Å². The highest BCUT2D eigenvalue weighted by Crippen LogP contribution is 2.08. The average Bonchev–Trinajstić information content (AvgIpc) is 2.00. The van der Waals surface area contributed by atoms with Crippen LogP contribution in [0.15, 0.2) is 0 Å². The van der Waals surface area contributed by atoms with Crippen LogP contribution in [0.4, 0.5) is 17.6 Å². The summed E-state index contributed by atoms with van der Waals surface area (Å²) < 4.78 is 47.2. The van der Waals surface area contributed by atoms with Crippen LogP contribution in [0, 0.1) is 0 Å². The fourth-order valence-corrected chi connectivity index (χ4v) is 0.366. The zero-order valence-electron chi connectivity index (χ0n) is 5.99. The zero-order chi connectivity index (χ0) is 9.78. The Morgan fingerprint density at radius 3 is 2.33 bits per heavy atom. The predicted octanol–water partition coefficient (Wildman–Crippen LogP) is -0.0383. The highest BCUT2D eigenvalue weighted by Gasteiger charge is 2.28. The van der Waals surface area contributed by atoms with Gasteiger partial charge >= 0.3 is 6.43 Å².